The van der Waals surface area contributed by atoms with Gasteiger partial charge in [-0.15, -0.1) is 0 Å². The van der Waals surface area contributed by atoms with Crippen molar-refractivity contribution in [3.05, 3.63) is 94.5 Å². The molecule has 0 spiro atoms. The molecule has 164 valence electrons. The number of rotatable bonds is 7. The van der Waals surface area contributed by atoms with Crippen molar-refractivity contribution < 1.29 is 19.1 Å². The molecule has 2 N–H and O–H groups in total. The lowest BCUT2D eigenvalue weighted by atomic mass is 10.1. The predicted octanol–water partition coefficient (Wildman–Crippen LogP) is 5.01. The molecule has 0 heterocycles. The van der Waals surface area contributed by atoms with Crippen LogP contribution < -0.4 is 10.6 Å². The quantitative estimate of drug-likeness (QED) is 0.495. The van der Waals surface area contributed by atoms with Crippen LogP contribution in [0.2, 0.25) is 5.02 Å². The molecule has 1 unspecified atom stereocenters. The van der Waals surface area contributed by atoms with Crippen LogP contribution in [0.5, 0.6) is 0 Å². The van der Waals surface area contributed by atoms with Crippen LogP contribution in [0.25, 0.3) is 0 Å². The molecule has 7 heteroatoms. The van der Waals surface area contributed by atoms with E-state index in [9.17, 15) is 14.4 Å². The number of amides is 2. The van der Waals surface area contributed by atoms with E-state index in [1.54, 1.807) is 48.5 Å². The van der Waals surface area contributed by atoms with E-state index in [4.69, 9.17) is 16.3 Å². The Hall–Kier alpha value is -3.64. The van der Waals surface area contributed by atoms with Gasteiger partial charge in [-0.1, -0.05) is 41.4 Å². The molecule has 0 aromatic heterocycles. The van der Waals surface area contributed by atoms with Gasteiger partial charge in [0.2, 0.25) is 5.91 Å². The van der Waals surface area contributed by atoms with E-state index in [2.05, 4.69) is 10.6 Å². The van der Waals surface area contributed by atoms with Gasteiger partial charge in [0.05, 0.1) is 12.0 Å². The number of halogens is 1. The Kier molecular flexibility index (Phi) is 7.63. The molecule has 3 aromatic carbocycles. The molecule has 32 heavy (non-hydrogen) atoms. The minimum absolute atomic E-state index is 0.191. The second-order valence-electron chi connectivity index (χ2n) is 7.33. The van der Waals surface area contributed by atoms with Crippen LogP contribution in [0.4, 0.5) is 11.4 Å². The fourth-order valence-corrected chi connectivity index (χ4v) is 2.97. The van der Waals surface area contributed by atoms with Gasteiger partial charge in [0.25, 0.3) is 5.91 Å². The Labute approximate surface area is 191 Å². The van der Waals surface area contributed by atoms with Gasteiger partial charge < -0.3 is 15.4 Å². The first-order chi connectivity index (χ1) is 15.3. The monoisotopic (exact) mass is 450 g/mol. The van der Waals surface area contributed by atoms with E-state index < -0.39 is 18.0 Å². The topological polar surface area (TPSA) is 84.5 Å². The molecule has 3 rings (SSSR count). The molecule has 0 radical (unpaired) electrons. The molecule has 1 atom stereocenters. The summed E-state index contributed by atoms with van der Waals surface area (Å²) in [7, 11) is 0. The third-order valence-corrected chi connectivity index (χ3v) is 4.91. The highest BCUT2D eigenvalue weighted by molar-refractivity contribution is 6.30. The van der Waals surface area contributed by atoms with Crippen molar-refractivity contribution in [1.82, 2.24) is 0 Å². The highest BCUT2D eigenvalue weighted by Gasteiger charge is 2.19. The summed E-state index contributed by atoms with van der Waals surface area (Å²) < 4.78 is 5.25. The molecule has 0 aliphatic heterocycles. The van der Waals surface area contributed by atoms with Gasteiger partial charge in [0, 0.05) is 16.4 Å². The van der Waals surface area contributed by atoms with Gasteiger partial charge in [0.1, 0.15) is 0 Å². The molecule has 0 bridgehead atoms. The first-order valence-corrected chi connectivity index (χ1v) is 10.4. The molecule has 0 saturated carbocycles. The van der Waals surface area contributed by atoms with Crippen LogP contribution >= 0.6 is 11.6 Å². The molecular formula is C25H23ClN2O4. The highest BCUT2D eigenvalue weighted by Crippen LogP contribution is 2.15. The van der Waals surface area contributed by atoms with Gasteiger partial charge >= 0.3 is 5.97 Å². The number of hydrogen-bond acceptors (Lipinski definition) is 4. The lowest BCUT2D eigenvalue weighted by molar-refractivity contribution is -0.123. The zero-order chi connectivity index (χ0) is 23.1. The first kappa shape index (κ1) is 23.0. The summed E-state index contributed by atoms with van der Waals surface area (Å²) in [5, 5.41) is 6.09. The zero-order valence-electron chi connectivity index (χ0n) is 17.7. The van der Waals surface area contributed by atoms with E-state index in [-0.39, 0.29) is 17.9 Å². The van der Waals surface area contributed by atoms with Gasteiger partial charge in [-0.25, -0.2) is 4.79 Å². The van der Waals surface area contributed by atoms with Crippen molar-refractivity contribution in [2.24, 2.45) is 0 Å². The van der Waals surface area contributed by atoms with E-state index >= 15 is 0 Å². The molecule has 6 nitrogen and oxygen atoms in total. The Morgan fingerprint density at radius 2 is 1.41 bits per heavy atom. The number of aryl methyl sites for hydroxylation is 1. The number of benzene rings is 3. The maximum atomic E-state index is 12.4. The van der Waals surface area contributed by atoms with Crippen molar-refractivity contribution >= 4 is 40.8 Å². The molecule has 0 fully saturated rings. The standard InChI is InChI=1S/C25H23ClN2O4/c1-16-3-11-22(12-4-16)28-24(30)17(2)32-25(31)19-7-13-21(14-8-19)27-23(29)15-18-5-9-20(26)10-6-18/h3-14,17H,15H2,1-2H3,(H,27,29)(H,28,30). The first-order valence-electron chi connectivity index (χ1n) is 10.0. The van der Waals surface area contributed by atoms with Crippen LogP contribution in [0, 0.1) is 6.92 Å². The fourth-order valence-electron chi connectivity index (χ4n) is 2.85. The molecule has 0 saturated heterocycles. The summed E-state index contributed by atoms with van der Waals surface area (Å²) in [4.78, 5) is 36.8. The third-order valence-electron chi connectivity index (χ3n) is 4.65. The summed E-state index contributed by atoms with van der Waals surface area (Å²) in [5.74, 6) is -1.24. The number of ether oxygens (including phenoxy) is 1. The largest absolute Gasteiger partial charge is 0.449 e. The Balaban J connectivity index is 1.51. The van der Waals surface area contributed by atoms with Gasteiger partial charge in [0.15, 0.2) is 6.10 Å². The maximum absolute atomic E-state index is 12.4. The predicted molar refractivity (Wildman–Crippen MR) is 125 cm³/mol. The Bertz CT molecular complexity index is 1090. The number of carbonyl (C=O) groups excluding carboxylic acids is 3. The van der Waals surface area contributed by atoms with Crippen LogP contribution in [0.1, 0.15) is 28.4 Å². The lowest BCUT2D eigenvalue weighted by Crippen LogP contribution is -2.30. The number of esters is 1. The van der Waals surface area contributed by atoms with Crippen molar-refractivity contribution in [2.45, 2.75) is 26.4 Å². The Morgan fingerprint density at radius 3 is 2.03 bits per heavy atom. The van der Waals surface area contributed by atoms with E-state index in [1.807, 2.05) is 19.1 Å². The van der Waals surface area contributed by atoms with Gasteiger partial charge in [-0.3, -0.25) is 9.59 Å². The minimum atomic E-state index is -0.970. The molecular weight excluding hydrogens is 428 g/mol. The zero-order valence-corrected chi connectivity index (χ0v) is 18.5. The molecule has 2 amide bonds. The van der Waals surface area contributed by atoms with E-state index in [0.717, 1.165) is 11.1 Å². The molecule has 0 aliphatic rings. The SMILES string of the molecule is Cc1ccc(NC(=O)C(C)OC(=O)c2ccc(NC(=O)Cc3ccc(Cl)cc3)cc2)cc1. The second-order valence-corrected chi connectivity index (χ2v) is 7.77. The maximum Gasteiger partial charge on any atom is 0.338 e. The second kappa shape index (κ2) is 10.6. The summed E-state index contributed by atoms with van der Waals surface area (Å²) in [6.07, 6.45) is -0.767. The Morgan fingerprint density at radius 1 is 0.844 bits per heavy atom. The van der Waals surface area contributed by atoms with Crippen LogP contribution in [-0.4, -0.2) is 23.9 Å². The average Bonchev–Trinajstić information content (AvgIpc) is 2.77. The smallest absolute Gasteiger partial charge is 0.338 e. The van der Waals surface area contributed by atoms with Crippen LogP contribution in [0.15, 0.2) is 72.8 Å². The number of nitrogens with one attached hydrogen (secondary N) is 2. The fraction of sp³-hybridized carbons (Fsp3) is 0.160. The summed E-state index contributed by atoms with van der Waals surface area (Å²) in [6, 6.07) is 20.6. The average molecular weight is 451 g/mol. The highest BCUT2D eigenvalue weighted by atomic mass is 35.5. The van der Waals surface area contributed by atoms with Gasteiger partial charge in [-0.2, -0.15) is 0 Å². The summed E-state index contributed by atoms with van der Waals surface area (Å²) in [6.45, 7) is 3.46. The van der Waals surface area contributed by atoms with Crippen molar-refractivity contribution in [1.29, 1.82) is 0 Å². The van der Waals surface area contributed by atoms with E-state index in [0.29, 0.717) is 16.4 Å². The molecule has 3 aromatic rings. The summed E-state index contributed by atoms with van der Waals surface area (Å²) >= 11 is 5.85. The molecule has 0 aliphatic carbocycles. The van der Waals surface area contributed by atoms with Crippen molar-refractivity contribution in [2.75, 3.05) is 10.6 Å². The summed E-state index contributed by atoms with van der Waals surface area (Å²) in [5.41, 5.74) is 3.36. The number of carbonyl (C=O) groups is 3. The minimum Gasteiger partial charge on any atom is -0.449 e. The van der Waals surface area contributed by atoms with Crippen LogP contribution in [0.3, 0.4) is 0 Å². The third kappa shape index (κ3) is 6.68. The van der Waals surface area contributed by atoms with Crippen LogP contribution in [-0.2, 0) is 20.7 Å². The van der Waals surface area contributed by atoms with Crippen molar-refractivity contribution in [3.8, 4) is 0 Å². The lowest BCUT2D eigenvalue weighted by Gasteiger charge is -2.14. The van der Waals surface area contributed by atoms with E-state index in [1.165, 1.54) is 19.1 Å². The normalized spacial score (nSPS) is 11.3. The van der Waals surface area contributed by atoms with Gasteiger partial charge in [-0.05, 0) is 67.9 Å². The number of anilines is 2. The van der Waals surface area contributed by atoms with Crippen molar-refractivity contribution in [3.63, 3.8) is 0 Å². The number of hydrogen-bond donors (Lipinski definition) is 2.